The van der Waals surface area contributed by atoms with Crippen molar-refractivity contribution in [3.63, 3.8) is 0 Å². The van der Waals surface area contributed by atoms with Crippen molar-refractivity contribution in [3.05, 3.63) is 12.4 Å². The van der Waals surface area contributed by atoms with Crippen molar-refractivity contribution in [1.82, 2.24) is 9.97 Å². The molecule has 0 aliphatic heterocycles. The molecule has 0 saturated heterocycles. The first-order chi connectivity index (χ1) is 6.76. The van der Waals surface area contributed by atoms with Gasteiger partial charge >= 0.3 is 0 Å². The highest BCUT2D eigenvalue weighted by molar-refractivity contribution is 5.41. The van der Waals surface area contributed by atoms with E-state index in [4.69, 9.17) is 0 Å². The van der Waals surface area contributed by atoms with E-state index in [1.165, 1.54) is 6.42 Å². The summed E-state index contributed by atoms with van der Waals surface area (Å²) in [6, 6.07) is 0.446. The predicted molar refractivity (Wildman–Crippen MR) is 59.6 cm³/mol. The topological polar surface area (TPSA) is 49.8 Å². The number of nitrogens with one attached hydrogen (secondary N) is 2. The molecular formula is C10H18N4. The number of anilines is 2. The van der Waals surface area contributed by atoms with Crippen LogP contribution in [0.25, 0.3) is 0 Å². The molecule has 2 N–H and O–H groups in total. The van der Waals surface area contributed by atoms with Gasteiger partial charge in [-0.3, -0.25) is 4.98 Å². The SMILES string of the molecule is CCCC(C)Nc1cncc(NC)n1. The van der Waals surface area contributed by atoms with Crippen molar-refractivity contribution in [2.24, 2.45) is 0 Å². The molecule has 0 saturated carbocycles. The Labute approximate surface area is 85.2 Å². The minimum atomic E-state index is 0.446. The first-order valence-corrected chi connectivity index (χ1v) is 5.02. The van der Waals surface area contributed by atoms with E-state index in [1.54, 1.807) is 12.4 Å². The van der Waals surface area contributed by atoms with Crippen LogP contribution in [0.1, 0.15) is 26.7 Å². The number of aromatic nitrogens is 2. The first-order valence-electron chi connectivity index (χ1n) is 5.02. The molecule has 0 aliphatic carbocycles. The van der Waals surface area contributed by atoms with Gasteiger partial charge in [0.25, 0.3) is 0 Å². The highest BCUT2D eigenvalue weighted by Gasteiger charge is 2.02. The molecule has 1 aromatic heterocycles. The number of hydrogen-bond acceptors (Lipinski definition) is 4. The fourth-order valence-electron chi connectivity index (χ4n) is 1.31. The van der Waals surface area contributed by atoms with E-state index in [-0.39, 0.29) is 0 Å². The summed E-state index contributed by atoms with van der Waals surface area (Å²) < 4.78 is 0. The quantitative estimate of drug-likeness (QED) is 0.753. The summed E-state index contributed by atoms with van der Waals surface area (Å²) in [7, 11) is 1.84. The minimum absolute atomic E-state index is 0.446. The van der Waals surface area contributed by atoms with Crippen molar-refractivity contribution in [3.8, 4) is 0 Å². The lowest BCUT2D eigenvalue weighted by Crippen LogP contribution is -2.15. The summed E-state index contributed by atoms with van der Waals surface area (Å²) in [5, 5.41) is 6.26. The molecule has 0 radical (unpaired) electrons. The number of nitrogens with zero attached hydrogens (tertiary/aromatic N) is 2. The molecule has 4 nitrogen and oxygen atoms in total. The second kappa shape index (κ2) is 5.42. The molecular weight excluding hydrogens is 176 g/mol. The van der Waals surface area contributed by atoms with E-state index in [9.17, 15) is 0 Å². The van der Waals surface area contributed by atoms with Gasteiger partial charge in [0.1, 0.15) is 11.6 Å². The second-order valence-electron chi connectivity index (χ2n) is 3.37. The zero-order valence-corrected chi connectivity index (χ0v) is 9.04. The Morgan fingerprint density at radius 1 is 1.36 bits per heavy atom. The van der Waals surface area contributed by atoms with Gasteiger partial charge in [-0.25, -0.2) is 4.98 Å². The lowest BCUT2D eigenvalue weighted by atomic mass is 10.2. The van der Waals surface area contributed by atoms with Crippen LogP contribution in [-0.2, 0) is 0 Å². The molecule has 0 bridgehead atoms. The Balaban J connectivity index is 2.57. The zero-order valence-electron chi connectivity index (χ0n) is 9.04. The fourth-order valence-corrected chi connectivity index (χ4v) is 1.31. The first kappa shape index (κ1) is 10.8. The summed E-state index contributed by atoms with van der Waals surface area (Å²) >= 11 is 0. The van der Waals surface area contributed by atoms with Gasteiger partial charge in [0, 0.05) is 13.1 Å². The second-order valence-corrected chi connectivity index (χ2v) is 3.37. The van der Waals surface area contributed by atoms with Gasteiger partial charge in [0.05, 0.1) is 12.4 Å². The summed E-state index contributed by atoms with van der Waals surface area (Å²) in [5.74, 6) is 1.62. The van der Waals surface area contributed by atoms with Crippen molar-refractivity contribution < 1.29 is 0 Å². The molecule has 1 rings (SSSR count). The minimum Gasteiger partial charge on any atom is -0.372 e. The largest absolute Gasteiger partial charge is 0.372 e. The van der Waals surface area contributed by atoms with E-state index in [0.29, 0.717) is 6.04 Å². The lowest BCUT2D eigenvalue weighted by Gasteiger charge is -2.13. The molecule has 1 aromatic rings. The van der Waals surface area contributed by atoms with Crippen LogP contribution in [0.4, 0.5) is 11.6 Å². The van der Waals surface area contributed by atoms with E-state index >= 15 is 0 Å². The van der Waals surface area contributed by atoms with Crippen LogP contribution in [0, 0.1) is 0 Å². The maximum atomic E-state index is 4.33. The molecule has 0 spiro atoms. The van der Waals surface area contributed by atoms with Gasteiger partial charge in [-0.15, -0.1) is 0 Å². The molecule has 1 atom stereocenters. The molecule has 0 aromatic carbocycles. The van der Waals surface area contributed by atoms with Crippen LogP contribution in [0.5, 0.6) is 0 Å². The predicted octanol–water partition coefficient (Wildman–Crippen LogP) is 2.12. The normalized spacial score (nSPS) is 12.2. The highest BCUT2D eigenvalue weighted by Crippen LogP contribution is 2.08. The van der Waals surface area contributed by atoms with Crippen LogP contribution in [0.3, 0.4) is 0 Å². The Bertz CT molecular complexity index is 275. The van der Waals surface area contributed by atoms with E-state index in [2.05, 4.69) is 34.4 Å². The number of hydrogen-bond donors (Lipinski definition) is 2. The standard InChI is InChI=1S/C10H18N4/c1-4-5-8(2)13-10-7-12-6-9(11-3)14-10/h6-8H,4-5H2,1-3H3,(H2,11,13,14). The molecule has 0 amide bonds. The van der Waals surface area contributed by atoms with Crippen molar-refractivity contribution >= 4 is 11.6 Å². The van der Waals surface area contributed by atoms with Gasteiger partial charge in [-0.05, 0) is 13.3 Å². The van der Waals surface area contributed by atoms with Gasteiger partial charge in [-0.1, -0.05) is 13.3 Å². The smallest absolute Gasteiger partial charge is 0.147 e. The third-order valence-electron chi connectivity index (χ3n) is 2.01. The summed E-state index contributed by atoms with van der Waals surface area (Å²) in [5.41, 5.74) is 0. The van der Waals surface area contributed by atoms with Gasteiger partial charge in [0.15, 0.2) is 0 Å². The van der Waals surface area contributed by atoms with Gasteiger partial charge < -0.3 is 10.6 Å². The van der Waals surface area contributed by atoms with Crippen LogP contribution < -0.4 is 10.6 Å². The molecule has 1 heterocycles. The fraction of sp³-hybridized carbons (Fsp3) is 0.600. The third-order valence-corrected chi connectivity index (χ3v) is 2.01. The molecule has 14 heavy (non-hydrogen) atoms. The Morgan fingerprint density at radius 3 is 2.71 bits per heavy atom. The van der Waals surface area contributed by atoms with Crippen molar-refractivity contribution in [2.45, 2.75) is 32.7 Å². The summed E-state index contributed by atoms with van der Waals surface area (Å²) in [4.78, 5) is 8.41. The van der Waals surface area contributed by atoms with Crippen LogP contribution >= 0.6 is 0 Å². The van der Waals surface area contributed by atoms with Crippen molar-refractivity contribution in [2.75, 3.05) is 17.7 Å². The van der Waals surface area contributed by atoms with E-state index in [1.807, 2.05) is 7.05 Å². The summed E-state index contributed by atoms with van der Waals surface area (Å²) in [6.07, 6.45) is 5.77. The van der Waals surface area contributed by atoms with Gasteiger partial charge in [-0.2, -0.15) is 0 Å². The van der Waals surface area contributed by atoms with E-state index < -0.39 is 0 Å². The molecule has 4 heteroatoms. The monoisotopic (exact) mass is 194 g/mol. The lowest BCUT2D eigenvalue weighted by molar-refractivity contribution is 0.687. The van der Waals surface area contributed by atoms with Gasteiger partial charge in [0.2, 0.25) is 0 Å². The van der Waals surface area contributed by atoms with Crippen molar-refractivity contribution in [1.29, 1.82) is 0 Å². The van der Waals surface area contributed by atoms with Crippen LogP contribution in [-0.4, -0.2) is 23.1 Å². The molecule has 0 fully saturated rings. The van der Waals surface area contributed by atoms with Crippen LogP contribution in [0.15, 0.2) is 12.4 Å². The molecule has 78 valence electrons. The van der Waals surface area contributed by atoms with Crippen LogP contribution in [0.2, 0.25) is 0 Å². The van der Waals surface area contributed by atoms with E-state index in [0.717, 1.165) is 18.1 Å². The number of rotatable bonds is 5. The summed E-state index contributed by atoms with van der Waals surface area (Å²) in [6.45, 7) is 4.32. The average molecular weight is 194 g/mol. The Kier molecular flexibility index (Phi) is 4.16. The average Bonchev–Trinajstić information content (AvgIpc) is 2.18. The highest BCUT2D eigenvalue weighted by atomic mass is 15.1. The Hall–Kier alpha value is -1.32. The maximum absolute atomic E-state index is 4.33. The zero-order chi connectivity index (χ0) is 10.4. The maximum Gasteiger partial charge on any atom is 0.147 e. The third kappa shape index (κ3) is 3.20. The molecule has 1 unspecified atom stereocenters. The Morgan fingerprint density at radius 2 is 2.07 bits per heavy atom. The molecule has 0 aliphatic rings.